The van der Waals surface area contributed by atoms with Crippen molar-refractivity contribution in [3.8, 4) is 10.6 Å². The zero-order valence-electron chi connectivity index (χ0n) is 11.4. The summed E-state index contributed by atoms with van der Waals surface area (Å²) in [6.45, 7) is 2.03. The number of hydrogen-bond acceptors (Lipinski definition) is 5. The number of anilines is 1. The van der Waals surface area contributed by atoms with Crippen molar-refractivity contribution in [2.75, 3.05) is 5.32 Å². The highest BCUT2D eigenvalue weighted by Crippen LogP contribution is 2.28. The summed E-state index contributed by atoms with van der Waals surface area (Å²) in [6, 6.07) is 11.9. The molecule has 6 heteroatoms. The normalized spacial score (nSPS) is 10.5. The summed E-state index contributed by atoms with van der Waals surface area (Å²) < 4.78 is 0. The maximum absolute atomic E-state index is 11.9. The number of rotatable bonds is 4. The van der Waals surface area contributed by atoms with E-state index < -0.39 is 0 Å². The molecule has 106 valence electrons. The molecule has 1 amide bonds. The van der Waals surface area contributed by atoms with E-state index in [0.717, 1.165) is 21.0 Å². The molecule has 1 N–H and O–H groups in total. The number of carbonyl (C=O) groups excluding carboxylic acids is 1. The SMILES string of the molecule is Cc1ccccc1-c1nnc(NC(=O)Cc2cccs2)s1. The van der Waals surface area contributed by atoms with Gasteiger partial charge in [-0.05, 0) is 23.9 Å². The molecule has 0 saturated carbocycles. The highest BCUT2D eigenvalue weighted by Gasteiger charge is 2.11. The molecule has 2 heterocycles. The first-order valence-electron chi connectivity index (χ1n) is 6.44. The van der Waals surface area contributed by atoms with Crippen molar-refractivity contribution in [3.05, 3.63) is 52.2 Å². The minimum Gasteiger partial charge on any atom is -0.300 e. The van der Waals surface area contributed by atoms with Crippen molar-refractivity contribution in [2.45, 2.75) is 13.3 Å². The molecular formula is C15H13N3OS2. The summed E-state index contributed by atoms with van der Waals surface area (Å²) >= 11 is 2.96. The molecule has 0 fully saturated rings. The van der Waals surface area contributed by atoms with Gasteiger partial charge in [-0.1, -0.05) is 41.7 Å². The van der Waals surface area contributed by atoms with Crippen LogP contribution in [0.15, 0.2) is 41.8 Å². The highest BCUT2D eigenvalue weighted by atomic mass is 32.1. The maximum Gasteiger partial charge on any atom is 0.231 e. The van der Waals surface area contributed by atoms with E-state index in [4.69, 9.17) is 0 Å². The van der Waals surface area contributed by atoms with Crippen molar-refractivity contribution in [1.29, 1.82) is 0 Å². The van der Waals surface area contributed by atoms with Gasteiger partial charge < -0.3 is 5.32 Å². The van der Waals surface area contributed by atoms with Crippen molar-refractivity contribution >= 4 is 33.7 Å². The first-order chi connectivity index (χ1) is 10.2. The Morgan fingerprint density at radius 2 is 2.05 bits per heavy atom. The first-order valence-corrected chi connectivity index (χ1v) is 8.14. The van der Waals surface area contributed by atoms with Crippen LogP contribution >= 0.6 is 22.7 Å². The summed E-state index contributed by atoms with van der Waals surface area (Å²) in [5.41, 5.74) is 2.19. The van der Waals surface area contributed by atoms with E-state index in [1.807, 2.05) is 48.7 Å². The monoisotopic (exact) mass is 315 g/mol. The zero-order valence-corrected chi connectivity index (χ0v) is 13.0. The quantitative estimate of drug-likeness (QED) is 0.797. The molecule has 0 unspecified atom stereocenters. The fourth-order valence-corrected chi connectivity index (χ4v) is 3.48. The lowest BCUT2D eigenvalue weighted by atomic mass is 10.1. The van der Waals surface area contributed by atoms with E-state index in [1.165, 1.54) is 11.3 Å². The van der Waals surface area contributed by atoms with Crippen LogP contribution in [0.25, 0.3) is 10.6 Å². The van der Waals surface area contributed by atoms with Gasteiger partial charge in [0.05, 0.1) is 6.42 Å². The molecule has 1 aromatic carbocycles. The van der Waals surface area contributed by atoms with Crippen LogP contribution in [-0.2, 0) is 11.2 Å². The molecule has 0 aliphatic heterocycles. The number of benzene rings is 1. The Kier molecular flexibility index (Phi) is 4.08. The summed E-state index contributed by atoms with van der Waals surface area (Å²) in [7, 11) is 0. The van der Waals surface area contributed by atoms with Gasteiger partial charge in [-0.3, -0.25) is 4.79 Å². The van der Waals surface area contributed by atoms with Gasteiger partial charge in [0.2, 0.25) is 11.0 Å². The molecule has 2 aromatic heterocycles. The zero-order chi connectivity index (χ0) is 14.7. The first kappa shape index (κ1) is 13.9. The smallest absolute Gasteiger partial charge is 0.231 e. The van der Waals surface area contributed by atoms with Crippen LogP contribution < -0.4 is 5.32 Å². The summed E-state index contributed by atoms with van der Waals surface area (Å²) in [6.07, 6.45) is 0.372. The van der Waals surface area contributed by atoms with Crippen LogP contribution in [0.3, 0.4) is 0 Å². The topological polar surface area (TPSA) is 54.9 Å². The molecule has 0 saturated heterocycles. The maximum atomic E-state index is 11.9. The van der Waals surface area contributed by atoms with E-state index in [1.54, 1.807) is 11.3 Å². The second-order valence-corrected chi connectivity index (χ2v) is 6.54. The van der Waals surface area contributed by atoms with E-state index in [-0.39, 0.29) is 5.91 Å². The van der Waals surface area contributed by atoms with Crippen LogP contribution in [0, 0.1) is 6.92 Å². The molecule has 0 atom stereocenters. The van der Waals surface area contributed by atoms with Crippen LogP contribution in [0.4, 0.5) is 5.13 Å². The Hall–Kier alpha value is -2.05. The van der Waals surface area contributed by atoms with Gasteiger partial charge in [0.15, 0.2) is 0 Å². The number of aromatic nitrogens is 2. The minimum atomic E-state index is -0.0649. The molecule has 21 heavy (non-hydrogen) atoms. The van der Waals surface area contributed by atoms with Crippen molar-refractivity contribution in [2.24, 2.45) is 0 Å². The van der Waals surface area contributed by atoms with Gasteiger partial charge in [-0.15, -0.1) is 21.5 Å². The summed E-state index contributed by atoms with van der Waals surface area (Å²) in [5.74, 6) is -0.0649. The Labute approximate surface area is 130 Å². The molecule has 3 aromatic rings. The number of carbonyl (C=O) groups is 1. The van der Waals surface area contributed by atoms with E-state index >= 15 is 0 Å². The lowest BCUT2D eigenvalue weighted by Crippen LogP contribution is -2.13. The number of nitrogens with zero attached hydrogens (tertiary/aromatic N) is 2. The van der Waals surface area contributed by atoms with Crippen molar-refractivity contribution in [1.82, 2.24) is 10.2 Å². The Bertz CT molecular complexity index is 750. The van der Waals surface area contributed by atoms with Crippen LogP contribution in [0.5, 0.6) is 0 Å². The largest absolute Gasteiger partial charge is 0.300 e. The summed E-state index contributed by atoms with van der Waals surface area (Å²) in [5, 5.41) is 14.3. The summed E-state index contributed by atoms with van der Waals surface area (Å²) in [4.78, 5) is 13.0. The highest BCUT2D eigenvalue weighted by molar-refractivity contribution is 7.18. The van der Waals surface area contributed by atoms with Gasteiger partial charge in [-0.2, -0.15) is 0 Å². The standard InChI is InChI=1S/C15H13N3OS2/c1-10-5-2-3-7-12(10)14-17-18-15(21-14)16-13(19)9-11-6-4-8-20-11/h2-8H,9H2,1H3,(H,16,18,19). The average Bonchev–Trinajstić information content (AvgIpc) is 3.11. The molecule has 3 rings (SSSR count). The van der Waals surface area contributed by atoms with E-state index in [0.29, 0.717) is 11.6 Å². The minimum absolute atomic E-state index is 0.0649. The fraction of sp³-hybridized carbons (Fsp3) is 0.133. The second kappa shape index (κ2) is 6.15. The van der Waals surface area contributed by atoms with Crippen LogP contribution in [0.1, 0.15) is 10.4 Å². The lowest BCUT2D eigenvalue weighted by Gasteiger charge is -2.00. The average molecular weight is 315 g/mol. The molecular weight excluding hydrogens is 302 g/mol. The molecule has 0 radical (unpaired) electrons. The van der Waals surface area contributed by atoms with Gasteiger partial charge in [0.25, 0.3) is 0 Å². The van der Waals surface area contributed by atoms with Crippen LogP contribution in [-0.4, -0.2) is 16.1 Å². The van der Waals surface area contributed by atoms with Gasteiger partial charge in [-0.25, -0.2) is 0 Å². The third kappa shape index (κ3) is 3.34. The molecule has 0 aliphatic rings. The molecule has 0 spiro atoms. The van der Waals surface area contributed by atoms with Gasteiger partial charge in [0.1, 0.15) is 5.01 Å². The molecule has 4 nitrogen and oxygen atoms in total. The number of amides is 1. The number of nitrogens with one attached hydrogen (secondary N) is 1. The third-order valence-corrected chi connectivity index (χ3v) is 4.71. The van der Waals surface area contributed by atoms with Crippen molar-refractivity contribution < 1.29 is 4.79 Å². The lowest BCUT2D eigenvalue weighted by molar-refractivity contribution is -0.115. The number of aryl methyl sites for hydroxylation is 1. The van der Waals surface area contributed by atoms with Crippen LogP contribution in [0.2, 0.25) is 0 Å². The second-order valence-electron chi connectivity index (χ2n) is 4.53. The van der Waals surface area contributed by atoms with Crippen molar-refractivity contribution in [3.63, 3.8) is 0 Å². The Balaban J connectivity index is 1.71. The van der Waals surface area contributed by atoms with E-state index in [9.17, 15) is 4.79 Å². The molecule has 0 bridgehead atoms. The Morgan fingerprint density at radius 1 is 1.19 bits per heavy atom. The Morgan fingerprint density at radius 3 is 2.81 bits per heavy atom. The van der Waals surface area contributed by atoms with Gasteiger partial charge in [0, 0.05) is 10.4 Å². The number of hydrogen-bond donors (Lipinski definition) is 1. The fourth-order valence-electron chi connectivity index (χ4n) is 1.93. The van der Waals surface area contributed by atoms with Gasteiger partial charge >= 0.3 is 0 Å². The number of thiophene rings is 1. The third-order valence-electron chi connectivity index (χ3n) is 2.96. The predicted molar refractivity (Wildman–Crippen MR) is 86.7 cm³/mol. The predicted octanol–water partition coefficient (Wildman–Crippen LogP) is 3.76. The molecule has 0 aliphatic carbocycles. The van der Waals surface area contributed by atoms with E-state index in [2.05, 4.69) is 15.5 Å².